The molecule has 3 saturated heterocycles. The molecule has 0 aromatic heterocycles. The highest BCUT2D eigenvalue weighted by atomic mass is 16.7. The van der Waals surface area contributed by atoms with E-state index in [4.69, 9.17) is 28.4 Å². The molecule has 6 saturated carbocycles. The number of fused-ring (bicyclic) bond motifs is 14. The molecule has 13 heteroatoms. The predicted octanol–water partition coefficient (Wildman–Crippen LogP) is 11.3. The fraction of sp³-hybridized carbons (Fsp3) is 0.908. The van der Waals surface area contributed by atoms with Gasteiger partial charge in [0.05, 0.1) is 25.4 Å². The van der Waals surface area contributed by atoms with Gasteiger partial charge in [0.15, 0.2) is 11.6 Å². The van der Waals surface area contributed by atoms with E-state index in [2.05, 4.69) is 108 Å². The first-order chi connectivity index (χ1) is 37.3. The maximum absolute atomic E-state index is 12.9. The maximum Gasteiger partial charge on any atom is 0.407 e. The van der Waals surface area contributed by atoms with Gasteiger partial charge in [-0.3, -0.25) is 0 Å². The Kier molecular flexibility index (Phi) is 16.8. The molecule has 0 aromatic carbocycles. The van der Waals surface area contributed by atoms with Crippen LogP contribution in [0.3, 0.4) is 0 Å². The van der Waals surface area contributed by atoms with Gasteiger partial charge < -0.3 is 55.0 Å². The summed E-state index contributed by atoms with van der Waals surface area (Å²) in [5, 5.41) is 16.3. The fourth-order valence-corrected chi connectivity index (χ4v) is 20.5. The van der Waals surface area contributed by atoms with Crippen molar-refractivity contribution < 1.29 is 38.0 Å². The van der Waals surface area contributed by atoms with Crippen LogP contribution in [0, 0.1) is 92.7 Å². The van der Waals surface area contributed by atoms with E-state index in [-0.39, 0.29) is 41.0 Å². The van der Waals surface area contributed by atoms with Gasteiger partial charge in [0, 0.05) is 83.5 Å². The van der Waals surface area contributed by atoms with Gasteiger partial charge in [-0.1, -0.05) is 92.0 Å². The number of allylic oxidation sites excluding steroid dienone is 2. The number of hydrogen-bond acceptors (Lipinski definition) is 11. The van der Waals surface area contributed by atoms with Crippen molar-refractivity contribution in [2.75, 3.05) is 65.6 Å². The van der Waals surface area contributed by atoms with Crippen molar-refractivity contribution in [3.05, 3.63) is 23.3 Å². The summed E-state index contributed by atoms with van der Waals surface area (Å²) in [5.74, 6) is 6.53. The first-order valence-electron chi connectivity index (χ1n) is 32.4. The Bertz CT molecular complexity index is 2200. The van der Waals surface area contributed by atoms with Gasteiger partial charge in [-0.2, -0.15) is 0 Å². The summed E-state index contributed by atoms with van der Waals surface area (Å²) in [4.78, 5) is 25.9. The third-order valence-corrected chi connectivity index (χ3v) is 25.2. The SMILES string of the molecule is CC[C@H](C)CO[C@@]1(C)O[C@H]2C[C@H]3[C@@H]4CC=C5C[C@@H](OC(=O)NCCNCCNCCNCCNC(=O)O[C@H]6CC[C@@]7(C)C(=CC[C@H]8[C@@H]9C[C@@H]%10O[C@@]%11(CC[C@H](C)CO%11)[C@@H](C)[C@@H]%10[C@@]9(C)CC[C@@H]87)C6)CC[C@]5(C)[C@H]4CC[C@]3(C)[C@H]2[C@@H]1C. The molecule has 8 aliphatic carbocycles. The van der Waals surface area contributed by atoms with Gasteiger partial charge in [-0.25, -0.2) is 9.59 Å². The molecule has 11 aliphatic rings. The molecule has 5 N–H and O–H groups in total. The summed E-state index contributed by atoms with van der Waals surface area (Å²) < 4.78 is 39.1. The Balaban J connectivity index is 0.519. The van der Waals surface area contributed by atoms with Crippen molar-refractivity contribution in [1.29, 1.82) is 0 Å². The van der Waals surface area contributed by atoms with E-state index in [1.165, 1.54) is 56.1 Å². The summed E-state index contributed by atoms with van der Waals surface area (Å²) in [6, 6.07) is 0. The second kappa shape index (κ2) is 22.7. The number of hydrogen-bond donors (Lipinski definition) is 5. The average Bonchev–Trinajstić information content (AvgIpc) is 3.50. The van der Waals surface area contributed by atoms with Gasteiger partial charge in [0.25, 0.3) is 0 Å². The van der Waals surface area contributed by atoms with E-state index < -0.39 is 5.79 Å². The Morgan fingerprint density at radius 2 is 1.10 bits per heavy atom. The molecular formula is C65H107N5O8. The van der Waals surface area contributed by atoms with E-state index in [0.717, 1.165) is 104 Å². The summed E-state index contributed by atoms with van der Waals surface area (Å²) in [7, 11) is 0. The standard InChI is InChI=1S/C65H107N5O8/c1-11-40(2)38-73-64(10)42(4)56-54(77-64)36-52-48-14-12-44-34-46(17-21-60(44,6)50(48)19-23-62(52,56)8)75-58(71)69-32-30-67-28-26-66-27-29-68-31-33-70-59(72)76-47-18-22-61(7)45(35-47)13-15-49-51(61)20-24-63(9)53(49)37-55-57(63)43(5)65(78-55)25-16-41(3)39-74-65/h12-13,40-43,46-57,66-68H,11,14-39H2,1-10H3,(H,69,71)(H,70,72)/t40-,41-,42-,43-,46-,47-,48+,49+,50-,51-,52-,53-,54-,55-,56-,57-,60-,61-,62-,63-,64-,65-/m0/s1. The Morgan fingerprint density at radius 3 is 1.59 bits per heavy atom. The zero-order valence-electron chi connectivity index (χ0n) is 50.3. The Morgan fingerprint density at radius 1 is 0.615 bits per heavy atom. The van der Waals surface area contributed by atoms with Crippen LogP contribution < -0.4 is 26.6 Å². The molecular weight excluding hydrogens is 979 g/mol. The van der Waals surface area contributed by atoms with Crippen molar-refractivity contribution in [2.24, 2.45) is 92.7 Å². The molecule has 0 aromatic rings. The first-order valence-corrected chi connectivity index (χ1v) is 32.4. The molecule has 440 valence electrons. The minimum Gasteiger partial charge on any atom is -0.446 e. The highest BCUT2D eigenvalue weighted by Crippen LogP contribution is 2.72. The lowest BCUT2D eigenvalue weighted by Crippen LogP contribution is -2.52. The molecule has 1 spiro atoms. The van der Waals surface area contributed by atoms with Crippen LogP contribution >= 0.6 is 0 Å². The number of carbonyl (C=O) groups excluding carboxylic acids is 2. The Labute approximate surface area is 470 Å². The normalized spacial score (nSPS) is 47.2. The summed E-state index contributed by atoms with van der Waals surface area (Å²) >= 11 is 0. The lowest BCUT2D eigenvalue weighted by molar-refractivity contribution is -0.272. The van der Waals surface area contributed by atoms with Crippen LogP contribution in [0.25, 0.3) is 0 Å². The van der Waals surface area contributed by atoms with Crippen molar-refractivity contribution in [3.63, 3.8) is 0 Å². The predicted molar refractivity (Wildman–Crippen MR) is 305 cm³/mol. The zero-order valence-corrected chi connectivity index (χ0v) is 50.3. The highest BCUT2D eigenvalue weighted by Gasteiger charge is 2.70. The van der Waals surface area contributed by atoms with E-state index in [0.29, 0.717) is 120 Å². The number of nitrogens with one attached hydrogen (secondary N) is 5. The van der Waals surface area contributed by atoms with E-state index in [9.17, 15) is 9.59 Å². The lowest BCUT2D eigenvalue weighted by atomic mass is 9.47. The number of amides is 2. The number of rotatable bonds is 18. The van der Waals surface area contributed by atoms with Gasteiger partial charge in [-0.15, -0.1) is 0 Å². The van der Waals surface area contributed by atoms with Crippen molar-refractivity contribution in [2.45, 2.75) is 214 Å². The fourth-order valence-electron chi connectivity index (χ4n) is 20.5. The van der Waals surface area contributed by atoms with E-state index in [1.54, 1.807) is 0 Å². The largest absolute Gasteiger partial charge is 0.446 e. The minimum absolute atomic E-state index is 0.0531. The molecule has 2 amide bonds. The Hall–Kier alpha value is -2.26. The van der Waals surface area contributed by atoms with Crippen LogP contribution in [0.2, 0.25) is 0 Å². The van der Waals surface area contributed by atoms with Crippen molar-refractivity contribution in [3.8, 4) is 0 Å². The topological polar surface area (TPSA) is 150 Å². The minimum atomic E-state index is -0.480. The monoisotopic (exact) mass is 1090 g/mol. The first kappa shape index (κ1) is 57.6. The van der Waals surface area contributed by atoms with Crippen LogP contribution in [-0.4, -0.2) is 114 Å². The molecule has 0 radical (unpaired) electrons. The van der Waals surface area contributed by atoms with Crippen LogP contribution in [0.4, 0.5) is 9.59 Å². The van der Waals surface area contributed by atoms with Crippen molar-refractivity contribution in [1.82, 2.24) is 26.6 Å². The molecule has 13 nitrogen and oxygen atoms in total. The number of alkyl carbamates (subject to hydrolysis) is 2. The third kappa shape index (κ3) is 10.4. The molecule has 0 unspecified atom stereocenters. The molecule has 22 atom stereocenters. The molecule has 78 heavy (non-hydrogen) atoms. The summed E-state index contributed by atoms with van der Waals surface area (Å²) in [5.41, 5.74) is 4.08. The quantitative estimate of drug-likeness (QED) is 0.0659. The van der Waals surface area contributed by atoms with Crippen LogP contribution in [0.15, 0.2) is 23.3 Å². The van der Waals surface area contributed by atoms with Gasteiger partial charge in [-0.05, 0) is 171 Å². The van der Waals surface area contributed by atoms with Crippen LogP contribution in [0.1, 0.15) is 178 Å². The van der Waals surface area contributed by atoms with Gasteiger partial charge >= 0.3 is 12.2 Å². The second-order valence-electron chi connectivity index (χ2n) is 29.3. The van der Waals surface area contributed by atoms with Gasteiger partial charge in [0.1, 0.15) is 12.2 Å². The molecule has 9 fully saturated rings. The summed E-state index contributed by atoms with van der Waals surface area (Å²) in [6.45, 7) is 31.5. The average molecular weight is 1090 g/mol. The van der Waals surface area contributed by atoms with Crippen LogP contribution in [0.5, 0.6) is 0 Å². The maximum atomic E-state index is 12.9. The number of carbonyl (C=O) groups is 2. The molecule has 3 heterocycles. The van der Waals surface area contributed by atoms with E-state index >= 15 is 0 Å². The van der Waals surface area contributed by atoms with Crippen molar-refractivity contribution >= 4 is 12.2 Å². The third-order valence-electron chi connectivity index (χ3n) is 25.2. The number of ether oxygens (including phenoxy) is 6. The molecule has 11 rings (SSSR count). The zero-order chi connectivity index (χ0) is 54.8. The second-order valence-corrected chi connectivity index (χ2v) is 29.3. The molecule has 3 aliphatic heterocycles. The smallest absolute Gasteiger partial charge is 0.407 e. The summed E-state index contributed by atoms with van der Waals surface area (Å²) in [6.07, 6.45) is 24.0. The molecule has 0 bridgehead atoms. The van der Waals surface area contributed by atoms with E-state index in [1.807, 2.05) is 0 Å². The highest BCUT2D eigenvalue weighted by molar-refractivity contribution is 5.67. The van der Waals surface area contributed by atoms with Crippen LogP contribution in [-0.2, 0) is 28.4 Å². The van der Waals surface area contributed by atoms with Gasteiger partial charge in [0.2, 0.25) is 0 Å². The lowest BCUT2D eigenvalue weighted by Gasteiger charge is -2.58.